The second kappa shape index (κ2) is 10.9. The van der Waals surface area contributed by atoms with E-state index in [1.807, 2.05) is 57.4 Å². The highest BCUT2D eigenvalue weighted by Crippen LogP contribution is 2.19. The van der Waals surface area contributed by atoms with Crippen molar-refractivity contribution >= 4 is 23.6 Å². The maximum absolute atomic E-state index is 13.1. The number of rotatable bonds is 9. The van der Waals surface area contributed by atoms with Crippen molar-refractivity contribution in [3.05, 3.63) is 59.7 Å². The molecule has 1 atom stereocenters. The molecule has 6 heteroatoms. The van der Waals surface area contributed by atoms with Gasteiger partial charge < -0.3 is 15.0 Å². The first-order valence-electron chi connectivity index (χ1n) is 9.78. The topological polar surface area (TPSA) is 58.6 Å². The molecule has 2 amide bonds. The van der Waals surface area contributed by atoms with Crippen LogP contribution in [0.1, 0.15) is 36.7 Å². The van der Waals surface area contributed by atoms with E-state index in [1.54, 1.807) is 41.9 Å². The molecule has 29 heavy (non-hydrogen) atoms. The number of amides is 2. The van der Waals surface area contributed by atoms with Crippen LogP contribution < -0.4 is 10.1 Å². The molecule has 0 bridgehead atoms. The van der Waals surface area contributed by atoms with Crippen molar-refractivity contribution in [3.8, 4) is 5.75 Å². The Bertz CT molecular complexity index is 821. The molecule has 0 saturated heterocycles. The SMILES string of the molecule is CCOc1ccccc1C(=O)NC(C(=O)N(C)Cc1ccc(SC)cc1)C(C)C. The summed E-state index contributed by atoms with van der Waals surface area (Å²) in [5, 5.41) is 2.90. The Hall–Kier alpha value is -2.47. The Morgan fingerprint density at radius 3 is 2.34 bits per heavy atom. The number of benzene rings is 2. The molecule has 0 aliphatic rings. The van der Waals surface area contributed by atoms with Crippen LogP contribution in [0.2, 0.25) is 0 Å². The molecule has 0 spiro atoms. The van der Waals surface area contributed by atoms with Crippen molar-refractivity contribution in [2.24, 2.45) is 5.92 Å². The lowest BCUT2D eigenvalue weighted by molar-refractivity contribution is -0.133. The highest BCUT2D eigenvalue weighted by molar-refractivity contribution is 7.98. The molecule has 0 heterocycles. The van der Waals surface area contributed by atoms with Gasteiger partial charge in [0.25, 0.3) is 5.91 Å². The second-order valence-corrected chi connectivity index (χ2v) is 8.05. The Labute approximate surface area is 177 Å². The van der Waals surface area contributed by atoms with Gasteiger partial charge in [-0.3, -0.25) is 9.59 Å². The minimum Gasteiger partial charge on any atom is -0.493 e. The fourth-order valence-corrected chi connectivity index (χ4v) is 3.40. The van der Waals surface area contributed by atoms with E-state index in [1.165, 1.54) is 4.90 Å². The summed E-state index contributed by atoms with van der Waals surface area (Å²) in [6.07, 6.45) is 2.03. The van der Waals surface area contributed by atoms with Gasteiger partial charge in [0.05, 0.1) is 12.2 Å². The maximum Gasteiger partial charge on any atom is 0.255 e. The first kappa shape index (κ1) is 22.8. The summed E-state index contributed by atoms with van der Waals surface area (Å²) in [5.74, 6) is 0.0479. The molecular weight excluding hydrogens is 384 g/mol. The third kappa shape index (κ3) is 6.26. The molecule has 0 fully saturated rings. The summed E-state index contributed by atoms with van der Waals surface area (Å²) in [6.45, 7) is 6.68. The molecule has 0 aliphatic carbocycles. The van der Waals surface area contributed by atoms with Crippen LogP contribution in [0, 0.1) is 5.92 Å². The molecule has 156 valence electrons. The second-order valence-electron chi connectivity index (χ2n) is 7.17. The minimum atomic E-state index is -0.618. The number of carbonyl (C=O) groups is 2. The molecule has 0 saturated carbocycles. The Balaban J connectivity index is 2.11. The molecule has 0 aliphatic heterocycles. The first-order valence-corrected chi connectivity index (χ1v) is 11.0. The fourth-order valence-electron chi connectivity index (χ4n) is 2.99. The lowest BCUT2D eigenvalue weighted by atomic mass is 10.0. The maximum atomic E-state index is 13.1. The van der Waals surface area contributed by atoms with Gasteiger partial charge >= 0.3 is 0 Å². The van der Waals surface area contributed by atoms with Gasteiger partial charge in [0, 0.05) is 18.5 Å². The van der Waals surface area contributed by atoms with Gasteiger partial charge in [-0.25, -0.2) is 0 Å². The summed E-state index contributed by atoms with van der Waals surface area (Å²) >= 11 is 1.68. The van der Waals surface area contributed by atoms with E-state index in [9.17, 15) is 9.59 Å². The van der Waals surface area contributed by atoms with Crippen molar-refractivity contribution in [2.75, 3.05) is 19.9 Å². The third-order valence-corrected chi connectivity index (χ3v) is 5.35. The van der Waals surface area contributed by atoms with E-state index < -0.39 is 6.04 Å². The van der Waals surface area contributed by atoms with Crippen LogP contribution in [0.5, 0.6) is 5.75 Å². The number of para-hydroxylation sites is 1. The molecule has 2 rings (SSSR count). The van der Waals surface area contributed by atoms with E-state index in [4.69, 9.17) is 4.74 Å². The van der Waals surface area contributed by atoms with Crippen LogP contribution in [0.15, 0.2) is 53.4 Å². The Morgan fingerprint density at radius 1 is 1.10 bits per heavy atom. The lowest BCUT2D eigenvalue weighted by Gasteiger charge is -2.27. The van der Waals surface area contributed by atoms with E-state index >= 15 is 0 Å². The molecule has 2 aromatic carbocycles. The highest BCUT2D eigenvalue weighted by atomic mass is 32.2. The standard InChI is InChI=1S/C23H30N2O3S/c1-6-28-20-10-8-7-9-19(20)22(26)24-21(16(2)3)23(27)25(4)15-17-11-13-18(29-5)14-12-17/h7-14,16,21H,6,15H2,1-5H3,(H,24,26). The van der Waals surface area contributed by atoms with Crippen molar-refractivity contribution in [1.29, 1.82) is 0 Å². The Morgan fingerprint density at radius 2 is 1.76 bits per heavy atom. The van der Waals surface area contributed by atoms with Gasteiger partial charge in [-0.05, 0) is 48.9 Å². The quantitative estimate of drug-likeness (QED) is 0.624. The van der Waals surface area contributed by atoms with E-state index in [2.05, 4.69) is 5.32 Å². The molecule has 1 N–H and O–H groups in total. The number of hydrogen-bond donors (Lipinski definition) is 1. The molecule has 2 aromatic rings. The number of ether oxygens (including phenoxy) is 1. The van der Waals surface area contributed by atoms with Crippen LogP contribution >= 0.6 is 11.8 Å². The molecule has 5 nitrogen and oxygen atoms in total. The zero-order valence-electron chi connectivity index (χ0n) is 17.8. The largest absolute Gasteiger partial charge is 0.493 e. The van der Waals surface area contributed by atoms with Crippen molar-refractivity contribution in [2.45, 2.75) is 38.3 Å². The number of hydrogen-bond acceptors (Lipinski definition) is 4. The molecular formula is C23H30N2O3S. The van der Waals surface area contributed by atoms with Gasteiger partial charge in [-0.1, -0.05) is 38.1 Å². The van der Waals surface area contributed by atoms with Gasteiger partial charge in [0.2, 0.25) is 5.91 Å². The van der Waals surface area contributed by atoms with Crippen LogP contribution in [0.4, 0.5) is 0 Å². The number of carbonyl (C=O) groups excluding carboxylic acids is 2. The average Bonchev–Trinajstić information content (AvgIpc) is 2.72. The van der Waals surface area contributed by atoms with Crippen LogP contribution in [0.3, 0.4) is 0 Å². The third-order valence-electron chi connectivity index (χ3n) is 4.61. The number of likely N-dealkylation sites (N-methyl/N-ethyl adjacent to an activating group) is 1. The van der Waals surface area contributed by atoms with Gasteiger partial charge in [0.15, 0.2) is 0 Å². The van der Waals surface area contributed by atoms with Crippen molar-refractivity contribution in [1.82, 2.24) is 10.2 Å². The van der Waals surface area contributed by atoms with E-state index in [0.29, 0.717) is 24.5 Å². The fraction of sp³-hybridized carbons (Fsp3) is 0.391. The van der Waals surface area contributed by atoms with Crippen molar-refractivity contribution in [3.63, 3.8) is 0 Å². The summed E-state index contributed by atoms with van der Waals surface area (Å²) in [6, 6.07) is 14.6. The van der Waals surface area contributed by atoms with Gasteiger partial charge in [-0.15, -0.1) is 11.8 Å². The molecule has 0 radical (unpaired) electrons. The lowest BCUT2D eigenvalue weighted by Crippen LogP contribution is -2.50. The highest BCUT2D eigenvalue weighted by Gasteiger charge is 2.28. The number of thioether (sulfide) groups is 1. The minimum absolute atomic E-state index is 0.0491. The normalized spacial score (nSPS) is 11.8. The number of nitrogens with one attached hydrogen (secondary N) is 1. The molecule has 1 unspecified atom stereocenters. The first-order chi connectivity index (χ1) is 13.9. The van der Waals surface area contributed by atoms with E-state index in [-0.39, 0.29) is 17.7 Å². The summed E-state index contributed by atoms with van der Waals surface area (Å²) < 4.78 is 5.55. The zero-order valence-corrected chi connectivity index (χ0v) is 18.6. The van der Waals surface area contributed by atoms with Crippen molar-refractivity contribution < 1.29 is 14.3 Å². The van der Waals surface area contributed by atoms with Crippen LogP contribution in [0.25, 0.3) is 0 Å². The average molecular weight is 415 g/mol. The smallest absolute Gasteiger partial charge is 0.255 e. The van der Waals surface area contributed by atoms with Gasteiger partial charge in [-0.2, -0.15) is 0 Å². The van der Waals surface area contributed by atoms with Crippen LogP contribution in [-0.2, 0) is 11.3 Å². The summed E-state index contributed by atoms with van der Waals surface area (Å²) in [5.41, 5.74) is 1.48. The summed E-state index contributed by atoms with van der Waals surface area (Å²) in [7, 11) is 1.76. The predicted octanol–water partition coefficient (Wildman–Crippen LogP) is 4.22. The number of nitrogens with zero attached hydrogens (tertiary/aromatic N) is 1. The monoisotopic (exact) mass is 414 g/mol. The Kier molecular flexibility index (Phi) is 8.58. The summed E-state index contributed by atoms with van der Waals surface area (Å²) in [4.78, 5) is 28.8. The van der Waals surface area contributed by atoms with E-state index in [0.717, 1.165) is 5.56 Å². The molecule has 0 aromatic heterocycles. The predicted molar refractivity (Wildman–Crippen MR) is 118 cm³/mol. The van der Waals surface area contributed by atoms with Gasteiger partial charge in [0.1, 0.15) is 11.8 Å². The zero-order chi connectivity index (χ0) is 21.4. The van der Waals surface area contributed by atoms with Crippen LogP contribution in [-0.4, -0.2) is 42.7 Å².